The minimum absolute atomic E-state index is 0.0291. The zero-order valence-electron chi connectivity index (χ0n) is 14.2. The van der Waals surface area contributed by atoms with Crippen LogP contribution < -0.4 is 10.1 Å². The molecule has 1 N–H and O–H groups in total. The number of rotatable bonds is 8. The molecule has 0 saturated heterocycles. The number of methoxy groups -OCH3 is 2. The van der Waals surface area contributed by atoms with Crippen LogP contribution >= 0.6 is 0 Å². The van der Waals surface area contributed by atoms with Gasteiger partial charge in [0.1, 0.15) is 11.8 Å². The molecular formula is C16H22N2O6. The lowest BCUT2D eigenvalue weighted by atomic mass is 10.0. The number of hydrogen-bond acceptors (Lipinski definition) is 6. The van der Waals surface area contributed by atoms with E-state index in [2.05, 4.69) is 5.32 Å². The number of carbonyl (C=O) groups is 2. The van der Waals surface area contributed by atoms with Gasteiger partial charge in [-0.1, -0.05) is 13.8 Å². The molecule has 0 radical (unpaired) electrons. The zero-order valence-corrected chi connectivity index (χ0v) is 14.2. The largest absolute Gasteiger partial charge is 0.496 e. The van der Waals surface area contributed by atoms with Crippen LogP contribution in [0.3, 0.4) is 0 Å². The van der Waals surface area contributed by atoms with E-state index < -0.39 is 16.9 Å². The molecule has 1 rings (SSSR count). The van der Waals surface area contributed by atoms with E-state index in [1.165, 1.54) is 32.4 Å². The molecule has 0 aliphatic rings. The summed E-state index contributed by atoms with van der Waals surface area (Å²) in [5, 5.41) is 13.5. The van der Waals surface area contributed by atoms with Crippen LogP contribution in [0.25, 0.3) is 0 Å². The van der Waals surface area contributed by atoms with Crippen molar-refractivity contribution in [3.63, 3.8) is 0 Å². The van der Waals surface area contributed by atoms with Crippen molar-refractivity contribution in [1.29, 1.82) is 0 Å². The first-order valence-electron chi connectivity index (χ1n) is 7.47. The van der Waals surface area contributed by atoms with Gasteiger partial charge in [0.2, 0.25) is 5.91 Å². The summed E-state index contributed by atoms with van der Waals surface area (Å²) in [6, 6.07) is 3.14. The molecule has 0 saturated carbocycles. The maximum absolute atomic E-state index is 11.9. The fraction of sp³-hybridized carbons (Fsp3) is 0.500. The second-order valence-electron chi connectivity index (χ2n) is 5.70. The van der Waals surface area contributed by atoms with Gasteiger partial charge in [0, 0.05) is 30.5 Å². The minimum atomic E-state index is -0.947. The normalized spacial score (nSPS) is 11.7. The molecule has 0 aliphatic carbocycles. The third-order valence-electron chi connectivity index (χ3n) is 3.31. The van der Waals surface area contributed by atoms with E-state index in [0.29, 0.717) is 11.3 Å². The smallest absolute Gasteiger partial charge is 0.328 e. The first-order valence-corrected chi connectivity index (χ1v) is 7.47. The van der Waals surface area contributed by atoms with Gasteiger partial charge >= 0.3 is 5.97 Å². The third-order valence-corrected chi connectivity index (χ3v) is 3.31. The molecule has 1 aromatic rings. The van der Waals surface area contributed by atoms with Crippen molar-refractivity contribution in [2.75, 3.05) is 14.2 Å². The van der Waals surface area contributed by atoms with Crippen molar-refractivity contribution in [2.45, 2.75) is 32.7 Å². The molecule has 8 nitrogen and oxygen atoms in total. The topological polar surface area (TPSA) is 108 Å². The fourth-order valence-electron chi connectivity index (χ4n) is 2.22. The standard InChI is InChI=1S/C16H22N2O6/c1-10(2)7-15(19)17-13(16(20)24-4)9-11-8-12(18(21)22)5-6-14(11)23-3/h5-6,8,10,13H,7,9H2,1-4H3,(H,17,19)/t13-/m1/s1. The van der Waals surface area contributed by atoms with Crippen LogP contribution in [0.2, 0.25) is 0 Å². The van der Waals surface area contributed by atoms with Gasteiger partial charge in [0.15, 0.2) is 0 Å². The molecule has 0 fully saturated rings. The number of nitrogens with one attached hydrogen (secondary N) is 1. The van der Waals surface area contributed by atoms with E-state index in [1.54, 1.807) is 0 Å². The Hall–Kier alpha value is -2.64. The summed E-state index contributed by atoms with van der Waals surface area (Å²) in [5.74, 6) is -0.381. The highest BCUT2D eigenvalue weighted by Crippen LogP contribution is 2.25. The van der Waals surface area contributed by atoms with Crippen molar-refractivity contribution in [3.8, 4) is 5.75 Å². The Balaban J connectivity index is 3.05. The molecule has 0 bridgehead atoms. The monoisotopic (exact) mass is 338 g/mol. The molecule has 0 aliphatic heterocycles. The maximum Gasteiger partial charge on any atom is 0.328 e. The van der Waals surface area contributed by atoms with Gasteiger partial charge in [0.25, 0.3) is 5.69 Å². The first kappa shape index (κ1) is 19.4. The molecule has 0 heterocycles. The van der Waals surface area contributed by atoms with E-state index in [1.807, 2.05) is 13.8 Å². The van der Waals surface area contributed by atoms with Crippen molar-refractivity contribution in [1.82, 2.24) is 5.32 Å². The van der Waals surface area contributed by atoms with Gasteiger partial charge < -0.3 is 14.8 Å². The van der Waals surface area contributed by atoms with Gasteiger partial charge in [-0.05, 0) is 12.0 Å². The number of benzene rings is 1. The van der Waals surface area contributed by atoms with Crippen LogP contribution in [0.4, 0.5) is 5.69 Å². The summed E-state index contributed by atoms with van der Waals surface area (Å²) in [7, 11) is 2.64. The van der Waals surface area contributed by atoms with Crippen LogP contribution in [0.1, 0.15) is 25.8 Å². The number of esters is 1. The lowest BCUT2D eigenvalue weighted by Gasteiger charge is -2.18. The molecule has 24 heavy (non-hydrogen) atoms. The number of nitro benzene ring substituents is 1. The van der Waals surface area contributed by atoms with E-state index in [4.69, 9.17) is 9.47 Å². The Morgan fingerprint density at radius 3 is 2.46 bits per heavy atom. The molecule has 132 valence electrons. The van der Waals surface area contributed by atoms with E-state index in [0.717, 1.165) is 0 Å². The predicted octanol–water partition coefficient (Wildman–Crippen LogP) is 1.85. The SMILES string of the molecule is COC(=O)[C@@H](Cc1cc([N+](=O)[O-])ccc1OC)NC(=O)CC(C)C. The van der Waals surface area contributed by atoms with Crippen molar-refractivity contribution in [3.05, 3.63) is 33.9 Å². The van der Waals surface area contributed by atoms with Crippen LogP contribution in [-0.2, 0) is 20.7 Å². The highest BCUT2D eigenvalue weighted by molar-refractivity contribution is 5.84. The summed E-state index contributed by atoms with van der Waals surface area (Å²) in [5.41, 5.74) is 0.315. The van der Waals surface area contributed by atoms with Gasteiger partial charge in [-0.3, -0.25) is 14.9 Å². The lowest BCUT2D eigenvalue weighted by Crippen LogP contribution is -2.43. The molecule has 1 atom stereocenters. The van der Waals surface area contributed by atoms with Crippen LogP contribution in [0, 0.1) is 16.0 Å². The number of hydrogen-bond donors (Lipinski definition) is 1. The summed E-state index contributed by atoms with van der Waals surface area (Å²) < 4.78 is 9.89. The summed E-state index contributed by atoms with van der Waals surface area (Å²) in [6.07, 6.45) is 0.293. The highest BCUT2D eigenvalue weighted by atomic mass is 16.6. The Kier molecular flexibility index (Phi) is 7.16. The predicted molar refractivity (Wildman–Crippen MR) is 86.8 cm³/mol. The zero-order chi connectivity index (χ0) is 18.3. The number of nitrogens with zero attached hydrogens (tertiary/aromatic N) is 1. The van der Waals surface area contributed by atoms with Gasteiger partial charge in [-0.15, -0.1) is 0 Å². The maximum atomic E-state index is 11.9. The lowest BCUT2D eigenvalue weighted by molar-refractivity contribution is -0.384. The average Bonchev–Trinajstić information content (AvgIpc) is 2.52. The molecule has 0 spiro atoms. The second kappa shape index (κ2) is 8.85. The summed E-state index contributed by atoms with van der Waals surface area (Å²) in [6.45, 7) is 3.77. The van der Waals surface area contributed by atoms with Crippen LogP contribution in [0.15, 0.2) is 18.2 Å². The quantitative estimate of drug-likeness (QED) is 0.440. The molecule has 0 unspecified atom stereocenters. The van der Waals surface area contributed by atoms with Crippen molar-refractivity contribution < 1.29 is 24.0 Å². The second-order valence-corrected chi connectivity index (χ2v) is 5.70. The van der Waals surface area contributed by atoms with Crippen molar-refractivity contribution in [2.24, 2.45) is 5.92 Å². The molecular weight excluding hydrogens is 316 g/mol. The van der Waals surface area contributed by atoms with E-state index >= 15 is 0 Å². The Labute approximate surface area is 140 Å². The Morgan fingerprint density at radius 1 is 1.29 bits per heavy atom. The molecule has 8 heteroatoms. The highest BCUT2D eigenvalue weighted by Gasteiger charge is 2.25. The van der Waals surface area contributed by atoms with Gasteiger partial charge in [-0.25, -0.2) is 4.79 Å². The van der Waals surface area contributed by atoms with Gasteiger partial charge in [0.05, 0.1) is 19.1 Å². The molecule has 0 aromatic heterocycles. The molecule has 1 amide bonds. The minimum Gasteiger partial charge on any atom is -0.496 e. The van der Waals surface area contributed by atoms with Crippen molar-refractivity contribution >= 4 is 17.6 Å². The van der Waals surface area contributed by atoms with Crippen LogP contribution in [-0.4, -0.2) is 37.1 Å². The number of nitro groups is 1. The number of amides is 1. The van der Waals surface area contributed by atoms with Gasteiger partial charge in [-0.2, -0.15) is 0 Å². The first-order chi connectivity index (χ1) is 11.3. The molecule has 1 aromatic carbocycles. The van der Waals surface area contributed by atoms with E-state index in [9.17, 15) is 19.7 Å². The summed E-state index contributed by atoms with van der Waals surface area (Å²) in [4.78, 5) is 34.3. The number of non-ortho nitro benzene ring substituents is 1. The summed E-state index contributed by atoms with van der Waals surface area (Å²) >= 11 is 0. The average molecular weight is 338 g/mol. The third kappa shape index (κ3) is 5.53. The Bertz CT molecular complexity index is 615. The number of ether oxygens (including phenoxy) is 2. The van der Waals surface area contributed by atoms with Crippen LogP contribution in [0.5, 0.6) is 5.75 Å². The fourth-order valence-corrected chi connectivity index (χ4v) is 2.22. The Morgan fingerprint density at radius 2 is 1.96 bits per heavy atom. The number of carbonyl (C=O) groups excluding carboxylic acids is 2. The van der Waals surface area contributed by atoms with E-state index in [-0.39, 0.29) is 30.4 Å².